The molecule has 1 amide bonds. The fourth-order valence-electron chi connectivity index (χ4n) is 3.59. The number of nitrogens with one attached hydrogen (secondary N) is 1. The largest absolute Gasteiger partial charge is 1.00 e. The SMILES string of the molecule is CC(C)(C)c1c[c-]no1.O=C(Nc1cc[c-]cc1)c1cc(N2CCOCC2)nc(N2CCCOC2)n1.[K+]. The van der Waals surface area contributed by atoms with Gasteiger partial charge in [0.15, 0.2) is 0 Å². The van der Waals surface area contributed by atoms with Crippen molar-refractivity contribution >= 4 is 23.4 Å². The number of carbonyl (C=O) groups is 1. The Balaban J connectivity index is 0.000000324. The fourth-order valence-corrected chi connectivity index (χ4v) is 3.59. The maximum atomic E-state index is 12.8. The van der Waals surface area contributed by atoms with Crippen LogP contribution in [0.25, 0.3) is 0 Å². The van der Waals surface area contributed by atoms with Gasteiger partial charge in [0.1, 0.15) is 18.2 Å². The number of amides is 1. The molecule has 3 aromatic rings. The van der Waals surface area contributed by atoms with Gasteiger partial charge in [0.05, 0.1) is 19.8 Å². The van der Waals surface area contributed by atoms with Gasteiger partial charge >= 0.3 is 51.4 Å². The van der Waals surface area contributed by atoms with Crippen molar-refractivity contribution in [3.8, 4) is 0 Å². The minimum Gasteiger partial charge on any atom is -0.470 e. The second kappa shape index (κ2) is 14.3. The summed E-state index contributed by atoms with van der Waals surface area (Å²) in [7, 11) is 0. The van der Waals surface area contributed by atoms with Gasteiger partial charge in [0.25, 0.3) is 5.91 Å². The number of morpholine rings is 1. The topological polar surface area (TPSA) is 106 Å². The maximum Gasteiger partial charge on any atom is 1.00 e. The zero-order chi connectivity index (χ0) is 25.4. The van der Waals surface area contributed by atoms with Crippen LogP contribution in [0.3, 0.4) is 0 Å². The Hall–Kier alpha value is -1.86. The average molecular weight is 532 g/mol. The van der Waals surface area contributed by atoms with Gasteiger partial charge in [-0.05, 0) is 17.6 Å². The Morgan fingerprint density at radius 2 is 1.78 bits per heavy atom. The number of aromatic nitrogens is 3. The molecule has 37 heavy (non-hydrogen) atoms. The number of nitrogens with zero attached hydrogens (tertiary/aromatic N) is 5. The van der Waals surface area contributed by atoms with Gasteiger partial charge in [-0.2, -0.15) is 29.2 Å². The third-order valence-electron chi connectivity index (χ3n) is 5.62. The van der Waals surface area contributed by atoms with Crippen LogP contribution >= 0.6 is 0 Å². The fraction of sp³-hybridized carbons (Fsp3) is 0.462. The molecule has 2 aromatic heterocycles. The van der Waals surface area contributed by atoms with Crippen molar-refractivity contribution in [1.82, 2.24) is 15.1 Å². The van der Waals surface area contributed by atoms with E-state index >= 15 is 0 Å². The Kier molecular flexibility index (Phi) is 11.5. The number of anilines is 3. The minimum absolute atomic E-state index is 0. The molecule has 11 heteroatoms. The number of carbonyl (C=O) groups excluding carboxylic acids is 1. The van der Waals surface area contributed by atoms with E-state index in [1.807, 2.05) is 4.90 Å². The van der Waals surface area contributed by atoms with Crippen LogP contribution in [-0.4, -0.2) is 67.2 Å². The summed E-state index contributed by atoms with van der Waals surface area (Å²) < 4.78 is 15.8. The first kappa shape index (κ1) is 29.7. The first-order chi connectivity index (χ1) is 17.4. The summed E-state index contributed by atoms with van der Waals surface area (Å²) >= 11 is 0. The summed E-state index contributed by atoms with van der Waals surface area (Å²) in [6.07, 6.45) is 3.53. The van der Waals surface area contributed by atoms with E-state index in [0.29, 0.717) is 37.3 Å². The third kappa shape index (κ3) is 8.84. The number of hydrogen-bond donors (Lipinski definition) is 1. The Labute approximate surface area is 260 Å². The van der Waals surface area contributed by atoms with Gasteiger partial charge < -0.3 is 29.1 Å². The molecule has 0 spiro atoms. The molecule has 0 unspecified atom stereocenters. The average Bonchev–Trinajstić information content (AvgIpc) is 3.47. The molecule has 0 radical (unpaired) electrons. The second-order valence-corrected chi connectivity index (χ2v) is 9.48. The third-order valence-corrected chi connectivity index (χ3v) is 5.62. The summed E-state index contributed by atoms with van der Waals surface area (Å²) in [6.45, 7) is 11.0. The molecule has 0 aliphatic carbocycles. The Bertz CT molecular complexity index is 1060. The zero-order valence-corrected chi connectivity index (χ0v) is 25.1. The summed E-state index contributed by atoms with van der Waals surface area (Å²) in [6, 6.07) is 13.5. The Morgan fingerprint density at radius 3 is 2.38 bits per heavy atom. The van der Waals surface area contributed by atoms with E-state index in [1.54, 1.807) is 36.4 Å². The number of hydrogen-bond acceptors (Lipinski definition) is 9. The van der Waals surface area contributed by atoms with Crippen molar-refractivity contribution in [3.05, 3.63) is 60.1 Å². The normalized spacial score (nSPS) is 15.8. The van der Waals surface area contributed by atoms with Crippen molar-refractivity contribution in [1.29, 1.82) is 0 Å². The molecule has 192 valence electrons. The summed E-state index contributed by atoms with van der Waals surface area (Å²) in [5.74, 6) is 1.87. The van der Waals surface area contributed by atoms with E-state index < -0.39 is 0 Å². The number of benzene rings is 1. The molecular weight excluding hydrogens is 499 g/mol. The first-order valence-corrected chi connectivity index (χ1v) is 12.1. The summed E-state index contributed by atoms with van der Waals surface area (Å²) in [5.41, 5.74) is 1.10. The van der Waals surface area contributed by atoms with E-state index in [9.17, 15) is 4.79 Å². The van der Waals surface area contributed by atoms with Gasteiger partial charge in [0.2, 0.25) is 5.95 Å². The maximum absolute atomic E-state index is 12.8. The van der Waals surface area contributed by atoms with Crippen LogP contribution in [0.5, 0.6) is 0 Å². The Morgan fingerprint density at radius 1 is 1.03 bits per heavy atom. The van der Waals surface area contributed by atoms with E-state index in [2.05, 4.69) is 53.4 Å². The predicted molar refractivity (Wildman–Crippen MR) is 135 cm³/mol. The quantitative estimate of drug-likeness (QED) is 0.377. The molecular formula is C26H32KN6O4-. The van der Waals surface area contributed by atoms with Crippen LogP contribution in [0, 0.1) is 12.3 Å². The predicted octanol–water partition coefficient (Wildman–Crippen LogP) is 0.326. The van der Waals surface area contributed by atoms with Crippen molar-refractivity contribution < 1.29 is 70.2 Å². The molecule has 0 atom stereocenters. The van der Waals surface area contributed by atoms with E-state index in [4.69, 9.17) is 19.0 Å². The number of ether oxygens (including phenoxy) is 2. The molecule has 10 nitrogen and oxygen atoms in total. The monoisotopic (exact) mass is 531 g/mol. The molecule has 2 saturated heterocycles. The summed E-state index contributed by atoms with van der Waals surface area (Å²) in [5, 5.41) is 6.36. The van der Waals surface area contributed by atoms with Gasteiger partial charge in [-0.15, -0.1) is 18.3 Å². The second-order valence-electron chi connectivity index (χ2n) is 9.48. The van der Waals surface area contributed by atoms with Crippen LogP contribution in [0.1, 0.15) is 43.4 Å². The van der Waals surface area contributed by atoms with E-state index in [0.717, 1.165) is 44.2 Å². The smallest absolute Gasteiger partial charge is 0.470 e. The van der Waals surface area contributed by atoms with Crippen molar-refractivity contribution in [2.75, 3.05) is 61.3 Å². The molecule has 5 rings (SSSR count). The molecule has 1 aromatic carbocycles. The van der Waals surface area contributed by atoms with Crippen molar-refractivity contribution in [3.63, 3.8) is 0 Å². The molecule has 2 aliphatic heterocycles. The zero-order valence-electron chi connectivity index (χ0n) is 22.0. The van der Waals surface area contributed by atoms with Gasteiger partial charge in [-0.1, -0.05) is 26.5 Å². The molecule has 2 aliphatic rings. The van der Waals surface area contributed by atoms with Crippen LogP contribution in [0.2, 0.25) is 0 Å². The van der Waals surface area contributed by atoms with Gasteiger partial charge in [-0.3, -0.25) is 4.79 Å². The van der Waals surface area contributed by atoms with Crippen LogP contribution in [0.15, 0.2) is 40.9 Å². The molecule has 0 saturated carbocycles. The molecule has 0 bridgehead atoms. The van der Waals surface area contributed by atoms with E-state index in [1.165, 1.54) is 0 Å². The molecule has 4 heterocycles. The molecule has 2 fully saturated rings. The summed E-state index contributed by atoms with van der Waals surface area (Å²) in [4.78, 5) is 26.1. The standard InChI is InChI=1S/C19H22N5O3.C7H10NO.K/c25-18(20-15-5-2-1-3-6-15)16-13-17(23-8-11-26-12-9-23)22-19(21-16)24-7-4-10-27-14-24;1-7(2,3)6-4-5-8-9-6;/h2-3,5-6,13H,4,7-12,14H2,(H,20,25);4H,1-3H3;/q2*-1;+1. The van der Waals surface area contributed by atoms with Crippen LogP contribution < -0.4 is 66.5 Å². The van der Waals surface area contributed by atoms with E-state index in [-0.39, 0.29) is 62.7 Å². The number of rotatable bonds is 4. The first-order valence-electron chi connectivity index (χ1n) is 12.1. The van der Waals surface area contributed by atoms with Crippen LogP contribution in [0.4, 0.5) is 17.5 Å². The van der Waals surface area contributed by atoms with Gasteiger partial charge in [0, 0.05) is 25.7 Å². The van der Waals surface area contributed by atoms with Crippen molar-refractivity contribution in [2.24, 2.45) is 0 Å². The van der Waals surface area contributed by atoms with Crippen LogP contribution in [-0.2, 0) is 14.9 Å². The minimum atomic E-state index is -0.266. The van der Waals surface area contributed by atoms with Crippen molar-refractivity contribution in [2.45, 2.75) is 32.6 Å². The van der Waals surface area contributed by atoms with Gasteiger partial charge in [-0.25, -0.2) is 10.1 Å². The molecule has 1 N–H and O–H groups in total.